The van der Waals surface area contributed by atoms with Crippen LogP contribution < -0.4 is 0 Å². The zero-order chi connectivity index (χ0) is 10.6. The Labute approximate surface area is 89.9 Å². The fourth-order valence-corrected chi connectivity index (χ4v) is 1.54. The van der Waals surface area contributed by atoms with Crippen LogP contribution in [0.1, 0.15) is 22.3 Å². The standard InChI is InChI=1S/C10H9BrO3/c11-8-4-3-7(2-1-5-12)9(6-8)10(13)14/h3-6H,1-2H2,(H,13,14). The zero-order valence-corrected chi connectivity index (χ0v) is 8.95. The van der Waals surface area contributed by atoms with E-state index in [1.165, 1.54) is 0 Å². The molecule has 0 aliphatic carbocycles. The molecule has 0 amide bonds. The first kappa shape index (κ1) is 10.9. The number of hydrogen-bond donors (Lipinski definition) is 1. The van der Waals surface area contributed by atoms with Crippen molar-refractivity contribution in [3.63, 3.8) is 0 Å². The molecule has 0 unspecified atom stereocenters. The van der Waals surface area contributed by atoms with E-state index in [0.29, 0.717) is 18.4 Å². The Kier molecular flexibility index (Phi) is 3.83. The van der Waals surface area contributed by atoms with Gasteiger partial charge < -0.3 is 9.90 Å². The molecule has 0 atom stereocenters. The van der Waals surface area contributed by atoms with Crippen LogP contribution in [0, 0.1) is 0 Å². The second-order valence-electron chi connectivity index (χ2n) is 2.81. The smallest absolute Gasteiger partial charge is 0.336 e. The normalized spacial score (nSPS) is 9.79. The van der Waals surface area contributed by atoms with E-state index < -0.39 is 5.97 Å². The maximum Gasteiger partial charge on any atom is 0.336 e. The zero-order valence-electron chi connectivity index (χ0n) is 7.37. The highest BCUT2D eigenvalue weighted by Crippen LogP contribution is 2.17. The first-order valence-electron chi connectivity index (χ1n) is 4.10. The third kappa shape index (κ3) is 2.67. The van der Waals surface area contributed by atoms with Gasteiger partial charge in [-0.05, 0) is 24.1 Å². The van der Waals surface area contributed by atoms with Gasteiger partial charge in [-0.2, -0.15) is 0 Å². The molecular weight excluding hydrogens is 248 g/mol. The van der Waals surface area contributed by atoms with E-state index in [2.05, 4.69) is 15.9 Å². The highest BCUT2D eigenvalue weighted by atomic mass is 79.9. The molecule has 0 radical (unpaired) electrons. The Morgan fingerprint density at radius 3 is 2.79 bits per heavy atom. The largest absolute Gasteiger partial charge is 0.478 e. The number of aldehydes is 1. The molecule has 0 saturated carbocycles. The van der Waals surface area contributed by atoms with E-state index >= 15 is 0 Å². The van der Waals surface area contributed by atoms with Gasteiger partial charge in [0.15, 0.2) is 0 Å². The summed E-state index contributed by atoms with van der Waals surface area (Å²) < 4.78 is 0.727. The minimum Gasteiger partial charge on any atom is -0.478 e. The number of aryl methyl sites for hydroxylation is 1. The molecule has 0 fully saturated rings. The summed E-state index contributed by atoms with van der Waals surface area (Å²) >= 11 is 3.20. The highest BCUT2D eigenvalue weighted by Gasteiger charge is 2.09. The van der Waals surface area contributed by atoms with E-state index in [4.69, 9.17) is 5.11 Å². The van der Waals surface area contributed by atoms with Crippen LogP contribution >= 0.6 is 15.9 Å². The SMILES string of the molecule is O=CCCc1ccc(Br)cc1C(=O)O. The molecule has 0 aliphatic heterocycles. The quantitative estimate of drug-likeness (QED) is 0.842. The van der Waals surface area contributed by atoms with Gasteiger partial charge in [-0.15, -0.1) is 0 Å². The molecule has 0 spiro atoms. The Bertz CT molecular complexity index is 360. The van der Waals surface area contributed by atoms with E-state index in [-0.39, 0.29) is 5.56 Å². The molecule has 0 aliphatic rings. The van der Waals surface area contributed by atoms with Crippen LogP contribution in [-0.2, 0) is 11.2 Å². The van der Waals surface area contributed by atoms with Crippen molar-refractivity contribution >= 4 is 28.2 Å². The molecule has 14 heavy (non-hydrogen) atoms. The van der Waals surface area contributed by atoms with Crippen molar-refractivity contribution in [3.8, 4) is 0 Å². The van der Waals surface area contributed by atoms with Crippen LogP contribution in [0.2, 0.25) is 0 Å². The van der Waals surface area contributed by atoms with Crippen LogP contribution in [0.15, 0.2) is 22.7 Å². The first-order valence-corrected chi connectivity index (χ1v) is 4.90. The topological polar surface area (TPSA) is 54.4 Å². The Morgan fingerprint density at radius 2 is 2.21 bits per heavy atom. The molecule has 1 aromatic rings. The lowest BCUT2D eigenvalue weighted by Crippen LogP contribution is -2.02. The number of aromatic carboxylic acids is 1. The van der Waals surface area contributed by atoms with E-state index in [1.807, 2.05) is 0 Å². The van der Waals surface area contributed by atoms with Gasteiger partial charge in [-0.25, -0.2) is 4.79 Å². The van der Waals surface area contributed by atoms with Gasteiger partial charge in [-0.1, -0.05) is 22.0 Å². The summed E-state index contributed by atoms with van der Waals surface area (Å²) in [6.07, 6.45) is 1.61. The monoisotopic (exact) mass is 256 g/mol. The van der Waals surface area contributed by atoms with Crippen LogP contribution in [0.5, 0.6) is 0 Å². The molecular formula is C10H9BrO3. The second kappa shape index (κ2) is 4.91. The number of hydrogen-bond acceptors (Lipinski definition) is 2. The summed E-state index contributed by atoms with van der Waals surface area (Å²) in [7, 11) is 0. The van der Waals surface area contributed by atoms with Crippen LogP contribution in [-0.4, -0.2) is 17.4 Å². The summed E-state index contributed by atoms with van der Waals surface area (Å²) in [6, 6.07) is 5.03. The van der Waals surface area contributed by atoms with E-state index in [1.54, 1.807) is 18.2 Å². The number of benzene rings is 1. The number of halogens is 1. The summed E-state index contributed by atoms with van der Waals surface area (Å²) in [4.78, 5) is 21.0. The van der Waals surface area contributed by atoms with E-state index in [9.17, 15) is 9.59 Å². The van der Waals surface area contributed by atoms with Gasteiger partial charge in [0.25, 0.3) is 0 Å². The minimum absolute atomic E-state index is 0.251. The number of rotatable bonds is 4. The molecule has 4 heteroatoms. The molecule has 1 rings (SSSR count). The first-order chi connectivity index (χ1) is 6.65. The van der Waals surface area contributed by atoms with Crippen LogP contribution in [0.4, 0.5) is 0 Å². The van der Waals surface area contributed by atoms with Crippen molar-refractivity contribution in [1.29, 1.82) is 0 Å². The van der Waals surface area contributed by atoms with Crippen molar-refractivity contribution in [1.82, 2.24) is 0 Å². The molecule has 0 saturated heterocycles. The van der Waals surface area contributed by atoms with Crippen LogP contribution in [0.3, 0.4) is 0 Å². The second-order valence-corrected chi connectivity index (χ2v) is 3.73. The summed E-state index contributed by atoms with van der Waals surface area (Å²) in [5, 5.41) is 8.88. The van der Waals surface area contributed by atoms with Gasteiger partial charge >= 0.3 is 5.97 Å². The van der Waals surface area contributed by atoms with Gasteiger partial charge in [0, 0.05) is 10.9 Å². The molecule has 1 aromatic carbocycles. The Morgan fingerprint density at radius 1 is 1.50 bits per heavy atom. The summed E-state index contributed by atoms with van der Waals surface area (Å²) in [5.41, 5.74) is 0.939. The summed E-state index contributed by atoms with van der Waals surface area (Å²) in [5.74, 6) is -0.966. The number of carboxylic acid groups (broad SMARTS) is 1. The molecule has 3 nitrogen and oxygen atoms in total. The van der Waals surface area contributed by atoms with Gasteiger partial charge in [-0.3, -0.25) is 0 Å². The molecule has 0 heterocycles. The number of carbonyl (C=O) groups is 2. The number of carbonyl (C=O) groups excluding carboxylic acids is 1. The average molecular weight is 257 g/mol. The van der Waals surface area contributed by atoms with Crippen molar-refractivity contribution in [2.24, 2.45) is 0 Å². The van der Waals surface area contributed by atoms with Crippen molar-refractivity contribution in [2.75, 3.05) is 0 Å². The predicted molar refractivity (Wildman–Crippen MR) is 55.5 cm³/mol. The molecule has 0 aromatic heterocycles. The summed E-state index contributed by atoms with van der Waals surface area (Å²) in [6.45, 7) is 0. The van der Waals surface area contributed by atoms with Gasteiger partial charge in [0.1, 0.15) is 6.29 Å². The third-order valence-electron chi connectivity index (χ3n) is 1.83. The Balaban J connectivity index is 3.01. The highest BCUT2D eigenvalue weighted by molar-refractivity contribution is 9.10. The van der Waals surface area contributed by atoms with Crippen LogP contribution in [0.25, 0.3) is 0 Å². The lowest BCUT2D eigenvalue weighted by Gasteiger charge is -2.04. The third-order valence-corrected chi connectivity index (χ3v) is 2.33. The fraction of sp³-hybridized carbons (Fsp3) is 0.200. The van der Waals surface area contributed by atoms with Gasteiger partial charge in [0.05, 0.1) is 5.56 Å². The van der Waals surface area contributed by atoms with Crippen molar-refractivity contribution < 1.29 is 14.7 Å². The molecule has 0 bridgehead atoms. The molecule has 1 N–H and O–H groups in total. The lowest BCUT2D eigenvalue weighted by atomic mass is 10.0. The maximum atomic E-state index is 10.8. The predicted octanol–water partition coefficient (Wildman–Crippen LogP) is 2.28. The lowest BCUT2D eigenvalue weighted by molar-refractivity contribution is -0.107. The Hall–Kier alpha value is -1.16. The van der Waals surface area contributed by atoms with Gasteiger partial charge in [0.2, 0.25) is 0 Å². The van der Waals surface area contributed by atoms with Crippen molar-refractivity contribution in [2.45, 2.75) is 12.8 Å². The fourth-order valence-electron chi connectivity index (χ4n) is 1.18. The van der Waals surface area contributed by atoms with Crippen molar-refractivity contribution in [3.05, 3.63) is 33.8 Å². The average Bonchev–Trinajstić information content (AvgIpc) is 2.15. The maximum absolute atomic E-state index is 10.8. The number of carboxylic acids is 1. The minimum atomic E-state index is -0.966. The van der Waals surface area contributed by atoms with E-state index in [0.717, 1.165) is 10.8 Å². The molecule has 74 valence electrons.